The highest BCUT2D eigenvalue weighted by molar-refractivity contribution is 5.83. The number of rotatable bonds is 4. The van der Waals surface area contributed by atoms with E-state index in [4.69, 9.17) is 4.74 Å². The van der Waals surface area contributed by atoms with E-state index >= 15 is 0 Å². The molecule has 0 spiro atoms. The molecule has 0 unspecified atom stereocenters. The Morgan fingerprint density at radius 1 is 1.25 bits per heavy atom. The van der Waals surface area contributed by atoms with Crippen molar-refractivity contribution in [2.24, 2.45) is 0 Å². The minimum Gasteiger partial charge on any atom is -0.496 e. The van der Waals surface area contributed by atoms with Gasteiger partial charge < -0.3 is 4.74 Å². The molecule has 2 atom stereocenters. The predicted molar refractivity (Wildman–Crippen MR) is 106 cm³/mol. The van der Waals surface area contributed by atoms with Gasteiger partial charge in [0.1, 0.15) is 5.75 Å². The number of methoxy groups -OCH3 is 1. The van der Waals surface area contributed by atoms with Crippen LogP contribution in [-0.2, 0) is 6.42 Å². The summed E-state index contributed by atoms with van der Waals surface area (Å²) in [5, 5.41) is 8.24. The molecule has 4 nitrogen and oxygen atoms in total. The smallest absolute Gasteiger partial charge is 0.257 e. The summed E-state index contributed by atoms with van der Waals surface area (Å²) in [7, 11) is 1.63. The van der Waals surface area contributed by atoms with E-state index in [1.165, 1.54) is 5.56 Å². The molecular weight excluding hydrogens is 360 g/mol. The van der Waals surface area contributed by atoms with Crippen LogP contribution in [0.15, 0.2) is 36.5 Å². The molecule has 28 heavy (non-hydrogen) atoms. The highest BCUT2D eigenvalue weighted by Crippen LogP contribution is 2.44. The number of nitrogens with zero attached hydrogens (tertiary/aromatic N) is 2. The van der Waals surface area contributed by atoms with Gasteiger partial charge in [-0.3, -0.25) is 10.00 Å². The maximum atomic E-state index is 14.1. The van der Waals surface area contributed by atoms with Gasteiger partial charge in [-0.15, -0.1) is 0 Å². The zero-order chi connectivity index (χ0) is 20.1. The van der Waals surface area contributed by atoms with Gasteiger partial charge >= 0.3 is 0 Å². The van der Waals surface area contributed by atoms with E-state index in [0.717, 1.165) is 40.3 Å². The Morgan fingerprint density at radius 2 is 2.00 bits per heavy atom. The van der Waals surface area contributed by atoms with E-state index in [-0.39, 0.29) is 18.6 Å². The van der Waals surface area contributed by atoms with Crippen molar-refractivity contribution in [3.8, 4) is 5.75 Å². The molecule has 1 aliphatic rings. The molecule has 0 saturated heterocycles. The number of aromatic nitrogens is 2. The Labute approximate surface area is 163 Å². The first kappa shape index (κ1) is 18.9. The van der Waals surface area contributed by atoms with E-state index in [2.05, 4.69) is 10.2 Å². The van der Waals surface area contributed by atoms with E-state index < -0.39 is 5.92 Å². The summed E-state index contributed by atoms with van der Waals surface area (Å²) in [4.78, 5) is 1.90. The molecular formula is C22H25F2N3O. The van der Waals surface area contributed by atoms with Crippen LogP contribution in [-0.4, -0.2) is 40.7 Å². The summed E-state index contributed by atoms with van der Waals surface area (Å²) < 4.78 is 33.9. The molecule has 0 bridgehead atoms. The molecule has 1 aromatic heterocycles. The number of nitrogens with one attached hydrogen (secondary N) is 1. The lowest BCUT2D eigenvalue weighted by molar-refractivity contribution is -0.0364. The minimum atomic E-state index is -2.79. The van der Waals surface area contributed by atoms with Crippen LogP contribution in [0.1, 0.15) is 42.1 Å². The molecule has 0 fully saturated rings. The number of alkyl halides is 2. The standard InChI is InChI=1S/C22H25F2N3O/c1-13-5-6-16(20(9-13)28-4)21-15-7-8-19-18(11-25-26-19)17(15)10-14(2)27(21)12-22(3,23)24/h5-9,11,14,21H,10,12H2,1-4H3,(H,25,26)/t14-,21+/m1/s1. The fourth-order valence-corrected chi connectivity index (χ4v) is 4.38. The van der Waals surface area contributed by atoms with E-state index in [0.29, 0.717) is 6.42 Å². The van der Waals surface area contributed by atoms with Crippen molar-refractivity contribution in [3.05, 3.63) is 58.8 Å². The molecule has 0 saturated carbocycles. The Balaban J connectivity index is 1.94. The number of aryl methyl sites for hydroxylation is 1. The van der Waals surface area contributed by atoms with Gasteiger partial charge in [0.15, 0.2) is 0 Å². The van der Waals surface area contributed by atoms with Gasteiger partial charge in [-0.1, -0.05) is 18.2 Å². The number of hydrogen-bond donors (Lipinski definition) is 1. The number of hydrogen-bond acceptors (Lipinski definition) is 3. The molecule has 148 valence electrons. The van der Waals surface area contributed by atoms with Gasteiger partial charge in [0.05, 0.1) is 31.4 Å². The predicted octanol–water partition coefficient (Wildman–Crippen LogP) is 4.87. The second-order valence-corrected chi connectivity index (χ2v) is 7.91. The van der Waals surface area contributed by atoms with Crippen molar-refractivity contribution >= 4 is 10.9 Å². The summed E-state index contributed by atoms with van der Waals surface area (Å²) >= 11 is 0. The molecule has 1 N–H and O–H groups in total. The molecule has 4 rings (SSSR count). The second-order valence-electron chi connectivity index (χ2n) is 7.91. The molecule has 0 aliphatic carbocycles. The Hall–Kier alpha value is -2.47. The van der Waals surface area contributed by atoms with Gasteiger partial charge in [0.25, 0.3) is 5.92 Å². The van der Waals surface area contributed by atoms with Crippen molar-refractivity contribution in [1.29, 1.82) is 0 Å². The number of benzene rings is 2. The third-order valence-corrected chi connectivity index (χ3v) is 5.61. The molecule has 3 aromatic rings. The lowest BCUT2D eigenvalue weighted by atomic mass is 9.83. The zero-order valence-electron chi connectivity index (χ0n) is 16.6. The van der Waals surface area contributed by atoms with Crippen LogP contribution in [0.2, 0.25) is 0 Å². The third kappa shape index (κ3) is 3.26. The summed E-state index contributed by atoms with van der Waals surface area (Å²) in [6.45, 7) is 4.69. The first-order valence-electron chi connectivity index (χ1n) is 9.51. The number of fused-ring (bicyclic) bond motifs is 3. The van der Waals surface area contributed by atoms with Crippen LogP contribution in [0, 0.1) is 6.92 Å². The number of aromatic amines is 1. The van der Waals surface area contributed by atoms with E-state index in [9.17, 15) is 8.78 Å². The molecule has 2 heterocycles. The van der Waals surface area contributed by atoms with Crippen LogP contribution in [0.4, 0.5) is 8.78 Å². The molecule has 0 radical (unpaired) electrons. The quantitative estimate of drug-likeness (QED) is 0.697. The molecule has 6 heteroatoms. The lowest BCUT2D eigenvalue weighted by Gasteiger charge is -2.43. The maximum Gasteiger partial charge on any atom is 0.257 e. The van der Waals surface area contributed by atoms with Crippen molar-refractivity contribution in [2.75, 3.05) is 13.7 Å². The van der Waals surface area contributed by atoms with Gasteiger partial charge in [-0.2, -0.15) is 5.10 Å². The summed E-state index contributed by atoms with van der Waals surface area (Å²) in [6.07, 6.45) is 2.53. The second kappa shape index (κ2) is 6.85. The fourth-order valence-electron chi connectivity index (χ4n) is 4.38. The van der Waals surface area contributed by atoms with Gasteiger partial charge in [0, 0.05) is 23.9 Å². The average molecular weight is 385 g/mol. The number of H-pyrrole nitrogens is 1. The highest BCUT2D eigenvalue weighted by Gasteiger charge is 2.39. The van der Waals surface area contributed by atoms with Crippen molar-refractivity contribution in [2.45, 2.75) is 45.2 Å². The van der Waals surface area contributed by atoms with Crippen molar-refractivity contribution in [3.63, 3.8) is 0 Å². The van der Waals surface area contributed by atoms with Crippen LogP contribution in [0.3, 0.4) is 0 Å². The van der Waals surface area contributed by atoms with Crippen LogP contribution in [0.5, 0.6) is 5.75 Å². The highest BCUT2D eigenvalue weighted by atomic mass is 19.3. The normalized spacial score (nSPS) is 20.4. The van der Waals surface area contributed by atoms with Gasteiger partial charge in [0.2, 0.25) is 0 Å². The SMILES string of the molecule is COc1cc(C)ccc1[C@@H]1c2ccc3[nH]ncc3c2C[C@@H](C)N1CC(C)(F)F. The van der Waals surface area contributed by atoms with Gasteiger partial charge in [-0.05, 0) is 49.1 Å². The Kier molecular flexibility index (Phi) is 4.62. The topological polar surface area (TPSA) is 41.1 Å². The summed E-state index contributed by atoms with van der Waals surface area (Å²) in [5.41, 5.74) is 5.16. The molecule has 0 amide bonds. The van der Waals surface area contributed by atoms with Gasteiger partial charge in [-0.25, -0.2) is 8.78 Å². The first-order chi connectivity index (χ1) is 13.3. The molecule has 2 aromatic carbocycles. The van der Waals surface area contributed by atoms with Crippen molar-refractivity contribution in [1.82, 2.24) is 15.1 Å². The van der Waals surface area contributed by atoms with Crippen molar-refractivity contribution < 1.29 is 13.5 Å². The van der Waals surface area contributed by atoms with E-state index in [1.807, 2.05) is 55.3 Å². The summed E-state index contributed by atoms with van der Waals surface area (Å²) in [6, 6.07) is 9.64. The number of halogens is 2. The molecule has 1 aliphatic heterocycles. The van der Waals surface area contributed by atoms with E-state index in [1.54, 1.807) is 7.11 Å². The largest absolute Gasteiger partial charge is 0.496 e. The maximum absolute atomic E-state index is 14.1. The number of ether oxygens (including phenoxy) is 1. The zero-order valence-corrected chi connectivity index (χ0v) is 16.6. The average Bonchev–Trinajstić information content (AvgIpc) is 3.11. The summed E-state index contributed by atoms with van der Waals surface area (Å²) in [5.74, 6) is -2.07. The van der Waals surface area contributed by atoms with Crippen LogP contribution in [0.25, 0.3) is 10.9 Å². The third-order valence-electron chi connectivity index (χ3n) is 5.61. The lowest BCUT2D eigenvalue weighted by Crippen LogP contribution is -2.47. The Morgan fingerprint density at radius 3 is 2.71 bits per heavy atom. The fraction of sp³-hybridized carbons (Fsp3) is 0.409. The monoisotopic (exact) mass is 385 g/mol. The van der Waals surface area contributed by atoms with Crippen LogP contribution < -0.4 is 4.74 Å². The van der Waals surface area contributed by atoms with Crippen LogP contribution >= 0.6 is 0 Å². The minimum absolute atomic E-state index is 0.0464. The Bertz CT molecular complexity index is 1010. The first-order valence-corrected chi connectivity index (χ1v) is 9.51.